The summed E-state index contributed by atoms with van der Waals surface area (Å²) in [6, 6.07) is 13.0. The Labute approximate surface area is 140 Å². The van der Waals surface area contributed by atoms with Gasteiger partial charge in [0.05, 0.1) is 13.0 Å². The fourth-order valence-electron chi connectivity index (χ4n) is 3.30. The molecule has 1 aliphatic rings. The molecule has 2 aromatic carbocycles. The van der Waals surface area contributed by atoms with Crippen molar-refractivity contribution in [3.05, 3.63) is 65.5 Å². The summed E-state index contributed by atoms with van der Waals surface area (Å²) >= 11 is 0. The molecule has 0 bridgehead atoms. The first-order chi connectivity index (χ1) is 11.6. The topological polar surface area (TPSA) is 58.6 Å². The molecule has 0 aromatic heterocycles. The van der Waals surface area contributed by atoms with Gasteiger partial charge < -0.3 is 15.2 Å². The third-order valence-corrected chi connectivity index (χ3v) is 4.58. The maximum atomic E-state index is 13.1. The van der Waals surface area contributed by atoms with E-state index in [0.29, 0.717) is 6.42 Å². The van der Waals surface area contributed by atoms with Crippen molar-refractivity contribution < 1.29 is 19.0 Å². The van der Waals surface area contributed by atoms with Crippen LogP contribution in [0.15, 0.2) is 48.5 Å². The number of aromatic hydroxyl groups is 1. The smallest absolute Gasteiger partial charge is 0.310 e. The van der Waals surface area contributed by atoms with E-state index in [-0.39, 0.29) is 35.5 Å². The molecule has 0 radical (unpaired) electrons. The average Bonchev–Trinajstić information content (AvgIpc) is 2.62. The quantitative estimate of drug-likeness (QED) is 0.847. The zero-order valence-electron chi connectivity index (χ0n) is 13.4. The van der Waals surface area contributed by atoms with Gasteiger partial charge in [-0.25, -0.2) is 4.39 Å². The molecule has 4 nitrogen and oxygen atoms in total. The molecule has 3 rings (SSSR count). The van der Waals surface area contributed by atoms with Crippen LogP contribution >= 0.6 is 0 Å². The van der Waals surface area contributed by atoms with E-state index in [0.717, 1.165) is 17.5 Å². The number of benzene rings is 2. The van der Waals surface area contributed by atoms with Crippen molar-refractivity contribution in [2.24, 2.45) is 5.92 Å². The van der Waals surface area contributed by atoms with Gasteiger partial charge in [-0.05, 0) is 48.2 Å². The first kappa shape index (κ1) is 16.5. The highest BCUT2D eigenvalue weighted by Crippen LogP contribution is 2.38. The van der Waals surface area contributed by atoms with Gasteiger partial charge in [0.2, 0.25) is 0 Å². The number of ether oxygens (including phenoxy) is 1. The number of carbonyl (C=O) groups is 1. The zero-order valence-corrected chi connectivity index (χ0v) is 13.4. The number of piperidine rings is 1. The van der Waals surface area contributed by atoms with E-state index in [9.17, 15) is 14.3 Å². The molecule has 2 aromatic rings. The second-order valence-electron chi connectivity index (χ2n) is 6.05. The highest BCUT2D eigenvalue weighted by Gasteiger charge is 2.36. The minimum atomic E-state index is -0.295. The summed E-state index contributed by atoms with van der Waals surface area (Å²) in [5.41, 5.74) is 1.90. The van der Waals surface area contributed by atoms with E-state index >= 15 is 0 Å². The minimum Gasteiger partial charge on any atom is -0.508 e. The maximum absolute atomic E-state index is 13.1. The average molecular weight is 329 g/mol. The Morgan fingerprint density at radius 1 is 1.08 bits per heavy atom. The first-order valence-electron chi connectivity index (χ1n) is 7.97. The van der Waals surface area contributed by atoms with Gasteiger partial charge in [0.25, 0.3) is 0 Å². The Hall–Kier alpha value is -2.40. The lowest BCUT2D eigenvalue weighted by Gasteiger charge is -2.36. The summed E-state index contributed by atoms with van der Waals surface area (Å²) in [7, 11) is 1.39. The van der Waals surface area contributed by atoms with E-state index in [1.54, 1.807) is 36.4 Å². The third-order valence-electron chi connectivity index (χ3n) is 4.58. The van der Waals surface area contributed by atoms with Gasteiger partial charge in [0, 0.05) is 12.1 Å². The maximum Gasteiger partial charge on any atom is 0.310 e. The van der Waals surface area contributed by atoms with E-state index in [2.05, 4.69) is 5.32 Å². The Morgan fingerprint density at radius 2 is 1.71 bits per heavy atom. The lowest BCUT2D eigenvalue weighted by atomic mass is 9.82. The summed E-state index contributed by atoms with van der Waals surface area (Å²) < 4.78 is 18.1. The van der Waals surface area contributed by atoms with Crippen molar-refractivity contribution in [1.82, 2.24) is 5.32 Å². The van der Waals surface area contributed by atoms with Gasteiger partial charge in [0.1, 0.15) is 11.6 Å². The van der Waals surface area contributed by atoms with Crippen LogP contribution < -0.4 is 5.32 Å². The lowest BCUT2D eigenvalue weighted by Crippen LogP contribution is -2.40. The number of carbonyl (C=O) groups excluding carboxylic acids is 1. The van der Waals surface area contributed by atoms with Crippen LogP contribution in [0.2, 0.25) is 0 Å². The van der Waals surface area contributed by atoms with Crippen LogP contribution in [0.1, 0.15) is 36.1 Å². The number of hydrogen-bond donors (Lipinski definition) is 2. The summed E-state index contributed by atoms with van der Waals surface area (Å²) in [5, 5.41) is 13.0. The van der Waals surface area contributed by atoms with Crippen LogP contribution in [0, 0.1) is 11.7 Å². The summed E-state index contributed by atoms with van der Waals surface area (Å²) in [4.78, 5) is 12.1. The van der Waals surface area contributed by atoms with Crippen LogP contribution in [0.4, 0.5) is 4.39 Å². The van der Waals surface area contributed by atoms with E-state index < -0.39 is 0 Å². The number of nitrogens with one attached hydrogen (secondary N) is 1. The van der Waals surface area contributed by atoms with Crippen molar-refractivity contribution in [3.8, 4) is 5.75 Å². The highest BCUT2D eigenvalue weighted by molar-refractivity contribution is 5.73. The van der Waals surface area contributed by atoms with Crippen LogP contribution in [0.5, 0.6) is 5.75 Å². The van der Waals surface area contributed by atoms with Gasteiger partial charge in [-0.2, -0.15) is 0 Å². The monoisotopic (exact) mass is 329 g/mol. The molecular weight excluding hydrogens is 309 g/mol. The van der Waals surface area contributed by atoms with Gasteiger partial charge in [-0.15, -0.1) is 0 Å². The number of phenols is 1. The van der Waals surface area contributed by atoms with Crippen molar-refractivity contribution in [3.63, 3.8) is 0 Å². The molecule has 24 heavy (non-hydrogen) atoms. The molecule has 2 N–H and O–H groups in total. The van der Waals surface area contributed by atoms with Gasteiger partial charge >= 0.3 is 5.97 Å². The number of halogens is 1. The van der Waals surface area contributed by atoms with Crippen molar-refractivity contribution in [2.75, 3.05) is 7.11 Å². The SMILES string of the molecule is COC(=O)[C@H]1CC[C@H](c2ccc(F)cc2)N[C@H]1c1ccc(O)cc1. The van der Waals surface area contributed by atoms with Crippen molar-refractivity contribution in [2.45, 2.75) is 24.9 Å². The first-order valence-corrected chi connectivity index (χ1v) is 7.97. The highest BCUT2D eigenvalue weighted by atomic mass is 19.1. The molecule has 126 valence electrons. The number of phenolic OH excluding ortho intramolecular Hbond substituents is 1. The minimum absolute atomic E-state index is 0.0327. The van der Waals surface area contributed by atoms with Gasteiger partial charge in [0.15, 0.2) is 0 Å². The predicted molar refractivity (Wildman–Crippen MR) is 87.9 cm³/mol. The van der Waals surface area contributed by atoms with Crippen molar-refractivity contribution >= 4 is 5.97 Å². The summed E-state index contributed by atoms with van der Waals surface area (Å²) in [6.07, 6.45) is 1.44. The number of methoxy groups -OCH3 is 1. The lowest BCUT2D eigenvalue weighted by molar-refractivity contribution is -0.147. The molecular formula is C19H20FNO3. The van der Waals surface area contributed by atoms with Crippen LogP contribution in [0.3, 0.4) is 0 Å². The molecule has 1 heterocycles. The number of esters is 1. The molecule has 1 aliphatic heterocycles. The van der Waals surface area contributed by atoms with Crippen LogP contribution in [-0.4, -0.2) is 18.2 Å². The fourth-order valence-corrected chi connectivity index (χ4v) is 3.30. The molecule has 3 atom stereocenters. The summed E-state index contributed by atoms with van der Waals surface area (Å²) in [5.74, 6) is -0.634. The molecule has 0 amide bonds. The molecule has 1 fully saturated rings. The largest absolute Gasteiger partial charge is 0.508 e. The van der Waals surface area contributed by atoms with Crippen LogP contribution in [-0.2, 0) is 9.53 Å². The van der Waals surface area contributed by atoms with E-state index in [1.165, 1.54) is 19.2 Å². The molecule has 0 unspecified atom stereocenters. The fraction of sp³-hybridized carbons (Fsp3) is 0.316. The van der Waals surface area contributed by atoms with Gasteiger partial charge in [-0.1, -0.05) is 24.3 Å². The molecule has 0 spiro atoms. The standard InChI is InChI=1S/C19H20FNO3/c1-24-19(23)16-10-11-17(12-2-6-14(20)7-3-12)21-18(16)13-4-8-15(22)9-5-13/h2-9,16-18,21-22H,10-11H2,1H3/t16-,17+,18-/m0/s1. The molecule has 5 heteroatoms. The van der Waals surface area contributed by atoms with E-state index in [1.807, 2.05) is 0 Å². The van der Waals surface area contributed by atoms with Gasteiger partial charge in [-0.3, -0.25) is 4.79 Å². The molecule has 0 saturated carbocycles. The molecule has 1 saturated heterocycles. The second-order valence-corrected chi connectivity index (χ2v) is 6.05. The van der Waals surface area contributed by atoms with E-state index in [4.69, 9.17) is 4.74 Å². The Bertz CT molecular complexity index is 700. The Morgan fingerprint density at radius 3 is 2.33 bits per heavy atom. The molecule has 0 aliphatic carbocycles. The second kappa shape index (κ2) is 7.01. The van der Waals surface area contributed by atoms with Crippen LogP contribution in [0.25, 0.3) is 0 Å². The Kier molecular flexibility index (Phi) is 4.81. The predicted octanol–water partition coefficient (Wildman–Crippen LogP) is 3.49. The number of hydrogen-bond acceptors (Lipinski definition) is 4. The normalized spacial score (nSPS) is 23.7. The zero-order chi connectivity index (χ0) is 17.1. The summed E-state index contributed by atoms with van der Waals surface area (Å²) in [6.45, 7) is 0. The van der Waals surface area contributed by atoms with Crippen molar-refractivity contribution in [1.29, 1.82) is 0 Å². The Balaban J connectivity index is 1.88. The third kappa shape index (κ3) is 3.41. The number of rotatable bonds is 3.